The van der Waals surface area contributed by atoms with Crippen LogP contribution in [0.4, 0.5) is 19.0 Å². The van der Waals surface area contributed by atoms with Crippen LogP contribution in [-0.4, -0.2) is 24.2 Å². The fourth-order valence-corrected chi connectivity index (χ4v) is 2.27. The maximum Gasteiger partial charge on any atom is 0.391 e. The molecule has 17 heavy (non-hydrogen) atoms. The van der Waals surface area contributed by atoms with E-state index in [1.165, 1.54) is 0 Å². The van der Waals surface area contributed by atoms with Gasteiger partial charge in [-0.05, 0) is 25.0 Å². The minimum Gasteiger partial charge on any atom is -0.355 e. The van der Waals surface area contributed by atoms with Crippen molar-refractivity contribution in [1.29, 1.82) is 0 Å². The number of nitrogens with zero attached hydrogens (tertiary/aromatic N) is 2. The lowest BCUT2D eigenvalue weighted by Crippen LogP contribution is -2.39. The highest BCUT2D eigenvalue weighted by molar-refractivity contribution is 6.32. The van der Waals surface area contributed by atoms with Gasteiger partial charge in [-0.2, -0.15) is 13.2 Å². The van der Waals surface area contributed by atoms with E-state index >= 15 is 0 Å². The standard InChI is InChI=1S/C11H12ClF3N2/c12-9-2-1-5-16-10(9)17-6-3-8(4-7-17)11(13,14)15/h1-2,5,8H,3-4,6-7H2. The molecule has 0 aliphatic carbocycles. The zero-order chi connectivity index (χ0) is 12.5. The molecule has 2 rings (SSSR count). The molecule has 1 aromatic rings. The Labute approximate surface area is 102 Å². The molecular weight excluding hydrogens is 253 g/mol. The van der Waals surface area contributed by atoms with Crippen molar-refractivity contribution in [2.24, 2.45) is 5.92 Å². The summed E-state index contributed by atoms with van der Waals surface area (Å²) in [6.45, 7) is 0.696. The van der Waals surface area contributed by atoms with Crippen molar-refractivity contribution in [1.82, 2.24) is 4.98 Å². The van der Waals surface area contributed by atoms with Crippen molar-refractivity contribution in [3.8, 4) is 0 Å². The summed E-state index contributed by atoms with van der Waals surface area (Å²) >= 11 is 5.96. The molecule has 0 bridgehead atoms. The first kappa shape index (κ1) is 12.5. The van der Waals surface area contributed by atoms with Gasteiger partial charge in [0.15, 0.2) is 0 Å². The van der Waals surface area contributed by atoms with Crippen molar-refractivity contribution >= 4 is 17.4 Å². The Kier molecular flexibility index (Phi) is 3.47. The second kappa shape index (κ2) is 4.72. The normalized spacial score (nSPS) is 18.5. The number of alkyl halides is 3. The third-order valence-corrected chi connectivity index (χ3v) is 3.29. The van der Waals surface area contributed by atoms with Crippen molar-refractivity contribution in [3.05, 3.63) is 23.4 Å². The van der Waals surface area contributed by atoms with E-state index in [0.29, 0.717) is 23.9 Å². The third-order valence-electron chi connectivity index (χ3n) is 3.00. The fraction of sp³-hybridized carbons (Fsp3) is 0.545. The van der Waals surface area contributed by atoms with Crippen LogP contribution in [0.2, 0.25) is 5.02 Å². The number of hydrogen-bond acceptors (Lipinski definition) is 2. The average Bonchev–Trinajstić information content (AvgIpc) is 2.29. The van der Waals surface area contributed by atoms with E-state index in [4.69, 9.17) is 11.6 Å². The van der Waals surface area contributed by atoms with Crippen LogP contribution in [0.1, 0.15) is 12.8 Å². The van der Waals surface area contributed by atoms with Crippen LogP contribution >= 0.6 is 11.6 Å². The SMILES string of the molecule is FC(F)(F)C1CCN(c2ncccc2Cl)CC1. The monoisotopic (exact) mass is 264 g/mol. The van der Waals surface area contributed by atoms with Crippen LogP contribution in [0.15, 0.2) is 18.3 Å². The molecule has 1 aliphatic heterocycles. The number of rotatable bonds is 1. The smallest absolute Gasteiger partial charge is 0.355 e. The van der Waals surface area contributed by atoms with Crippen molar-refractivity contribution in [2.45, 2.75) is 19.0 Å². The summed E-state index contributed by atoms with van der Waals surface area (Å²) < 4.78 is 37.5. The number of anilines is 1. The van der Waals surface area contributed by atoms with Gasteiger partial charge in [-0.15, -0.1) is 0 Å². The van der Waals surface area contributed by atoms with Crippen LogP contribution in [0.3, 0.4) is 0 Å². The Balaban J connectivity index is 2.03. The largest absolute Gasteiger partial charge is 0.391 e. The molecule has 0 amide bonds. The molecule has 1 fully saturated rings. The Bertz CT molecular complexity index is 387. The van der Waals surface area contributed by atoms with Gasteiger partial charge in [0.05, 0.1) is 10.9 Å². The van der Waals surface area contributed by atoms with Gasteiger partial charge in [0.25, 0.3) is 0 Å². The van der Waals surface area contributed by atoms with E-state index in [9.17, 15) is 13.2 Å². The van der Waals surface area contributed by atoms with Gasteiger partial charge < -0.3 is 4.90 Å². The molecule has 2 nitrogen and oxygen atoms in total. The number of halogens is 4. The van der Waals surface area contributed by atoms with Gasteiger partial charge in [-0.3, -0.25) is 0 Å². The lowest BCUT2D eigenvalue weighted by atomic mass is 9.96. The van der Waals surface area contributed by atoms with E-state index < -0.39 is 12.1 Å². The maximum absolute atomic E-state index is 12.5. The summed E-state index contributed by atoms with van der Waals surface area (Å²) in [5.41, 5.74) is 0. The highest BCUT2D eigenvalue weighted by atomic mass is 35.5. The number of piperidine rings is 1. The molecule has 0 unspecified atom stereocenters. The van der Waals surface area contributed by atoms with Gasteiger partial charge >= 0.3 is 6.18 Å². The minimum atomic E-state index is -4.08. The topological polar surface area (TPSA) is 16.1 Å². The molecule has 0 spiro atoms. The fourth-order valence-electron chi connectivity index (χ4n) is 2.03. The van der Waals surface area contributed by atoms with Crippen LogP contribution < -0.4 is 4.90 Å². The molecule has 0 aromatic carbocycles. The first-order valence-corrected chi connectivity index (χ1v) is 5.78. The van der Waals surface area contributed by atoms with E-state index in [-0.39, 0.29) is 12.8 Å². The average molecular weight is 265 g/mol. The van der Waals surface area contributed by atoms with E-state index in [1.807, 2.05) is 4.90 Å². The summed E-state index contributed by atoms with van der Waals surface area (Å²) in [6.07, 6.45) is -2.27. The first-order valence-electron chi connectivity index (χ1n) is 5.40. The van der Waals surface area contributed by atoms with E-state index in [2.05, 4.69) is 4.98 Å². The molecule has 0 atom stereocenters. The molecule has 1 saturated heterocycles. The molecule has 0 saturated carbocycles. The van der Waals surface area contributed by atoms with Gasteiger partial charge in [-0.25, -0.2) is 4.98 Å². The highest BCUT2D eigenvalue weighted by Crippen LogP contribution is 2.36. The van der Waals surface area contributed by atoms with Gasteiger partial charge in [0, 0.05) is 19.3 Å². The predicted molar refractivity (Wildman–Crippen MR) is 60.2 cm³/mol. The van der Waals surface area contributed by atoms with Crippen molar-refractivity contribution < 1.29 is 13.2 Å². The van der Waals surface area contributed by atoms with Gasteiger partial charge in [0.2, 0.25) is 0 Å². The van der Waals surface area contributed by atoms with E-state index in [0.717, 1.165) is 0 Å². The molecular formula is C11H12ClF3N2. The maximum atomic E-state index is 12.5. The Hall–Kier alpha value is -0.970. The summed E-state index contributed by atoms with van der Waals surface area (Å²) in [5.74, 6) is -0.615. The van der Waals surface area contributed by atoms with Crippen LogP contribution in [0.25, 0.3) is 0 Å². The molecule has 94 valence electrons. The zero-order valence-corrected chi connectivity index (χ0v) is 9.80. The first-order chi connectivity index (χ1) is 7.98. The molecule has 6 heteroatoms. The summed E-state index contributed by atoms with van der Waals surface area (Å²) in [6, 6.07) is 3.40. The van der Waals surface area contributed by atoms with Crippen LogP contribution in [0, 0.1) is 5.92 Å². The zero-order valence-electron chi connectivity index (χ0n) is 9.04. The second-order valence-corrected chi connectivity index (χ2v) is 4.52. The van der Waals surface area contributed by atoms with Crippen LogP contribution in [0.5, 0.6) is 0 Å². The quantitative estimate of drug-likeness (QED) is 0.772. The number of aromatic nitrogens is 1. The molecule has 0 radical (unpaired) electrons. The Morgan fingerprint density at radius 3 is 2.47 bits per heavy atom. The Morgan fingerprint density at radius 2 is 1.94 bits per heavy atom. The van der Waals surface area contributed by atoms with Gasteiger partial charge in [0.1, 0.15) is 5.82 Å². The Morgan fingerprint density at radius 1 is 1.29 bits per heavy atom. The van der Waals surface area contributed by atoms with Crippen LogP contribution in [-0.2, 0) is 0 Å². The molecule has 1 aliphatic rings. The highest BCUT2D eigenvalue weighted by Gasteiger charge is 2.41. The lowest BCUT2D eigenvalue weighted by molar-refractivity contribution is -0.179. The summed E-state index contributed by atoms with van der Waals surface area (Å²) in [7, 11) is 0. The molecule has 0 N–H and O–H groups in total. The lowest BCUT2D eigenvalue weighted by Gasteiger charge is -2.33. The summed E-state index contributed by atoms with van der Waals surface area (Å²) in [5, 5.41) is 0.484. The predicted octanol–water partition coefficient (Wildman–Crippen LogP) is 3.51. The van der Waals surface area contributed by atoms with E-state index in [1.54, 1.807) is 18.3 Å². The van der Waals surface area contributed by atoms with Crippen molar-refractivity contribution in [3.63, 3.8) is 0 Å². The van der Waals surface area contributed by atoms with Crippen molar-refractivity contribution in [2.75, 3.05) is 18.0 Å². The summed E-state index contributed by atoms with van der Waals surface area (Å²) in [4.78, 5) is 5.91. The minimum absolute atomic E-state index is 0.108. The molecule has 2 heterocycles. The molecule has 1 aromatic heterocycles. The number of pyridine rings is 1. The second-order valence-electron chi connectivity index (χ2n) is 4.11. The third kappa shape index (κ3) is 2.83. The number of hydrogen-bond donors (Lipinski definition) is 0. The van der Waals surface area contributed by atoms with Gasteiger partial charge in [-0.1, -0.05) is 11.6 Å².